The minimum atomic E-state index is -1.23. The fourth-order valence-corrected chi connectivity index (χ4v) is 2.01. The first kappa shape index (κ1) is 11.6. The highest BCUT2D eigenvalue weighted by molar-refractivity contribution is 5.88. The highest BCUT2D eigenvalue weighted by atomic mass is 19.1. The fraction of sp³-hybridized carbons (Fsp3) is 0.308. The van der Waals surface area contributed by atoms with Gasteiger partial charge in [-0.15, -0.1) is 0 Å². The van der Waals surface area contributed by atoms with Crippen LogP contribution < -0.4 is 4.90 Å². The summed E-state index contributed by atoms with van der Waals surface area (Å²) in [6, 6.07) is 4.27. The third-order valence-corrected chi connectivity index (χ3v) is 2.88. The van der Waals surface area contributed by atoms with Crippen LogP contribution in [0, 0.1) is 5.82 Å². The molecule has 0 spiro atoms. The number of hydrogen-bond donors (Lipinski definition) is 1. The second-order valence-corrected chi connectivity index (χ2v) is 4.23. The molecular weight excluding hydrogens is 221 g/mol. The van der Waals surface area contributed by atoms with Crippen LogP contribution in [0.25, 0.3) is 0 Å². The first-order valence-electron chi connectivity index (χ1n) is 5.51. The molecule has 1 aromatic carbocycles. The smallest absolute Gasteiger partial charge is 0.338 e. The zero-order chi connectivity index (χ0) is 12.4. The van der Waals surface area contributed by atoms with E-state index in [4.69, 9.17) is 5.11 Å². The Bertz CT molecular complexity index is 482. The SMILES string of the molecule is CC1=CCCN(c2ccc(C(=O)O)c(F)c2)C1. The summed E-state index contributed by atoms with van der Waals surface area (Å²) in [5.41, 5.74) is 1.71. The number of carbonyl (C=O) groups is 1. The molecule has 0 aliphatic carbocycles. The number of hydrogen-bond acceptors (Lipinski definition) is 2. The van der Waals surface area contributed by atoms with Gasteiger partial charge in [-0.05, 0) is 31.5 Å². The quantitative estimate of drug-likeness (QED) is 0.801. The van der Waals surface area contributed by atoms with E-state index in [9.17, 15) is 9.18 Å². The van der Waals surface area contributed by atoms with Crippen LogP contribution >= 0.6 is 0 Å². The minimum absolute atomic E-state index is 0.280. The molecule has 1 N–H and O–H groups in total. The summed E-state index contributed by atoms with van der Waals surface area (Å²) in [5, 5.41) is 8.75. The molecule has 1 heterocycles. The second-order valence-electron chi connectivity index (χ2n) is 4.23. The predicted molar refractivity (Wildman–Crippen MR) is 63.9 cm³/mol. The third-order valence-electron chi connectivity index (χ3n) is 2.88. The Labute approximate surface area is 99.2 Å². The van der Waals surface area contributed by atoms with Crippen LogP contribution in [0.1, 0.15) is 23.7 Å². The van der Waals surface area contributed by atoms with Gasteiger partial charge in [-0.25, -0.2) is 9.18 Å². The first-order chi connectivity index (χ1) is 8.08. The summed E-state index contributed by atoms with van der Waals surface area (Å²) in [5.74, 6) is -1.91. The van der Waals surface area contributed by atoms with Crippen LogP contribution in [0.3, 0.4) is 0 Å². The molecular formula is C13H14FNO2. The average Bonchev–Trinajstić information content (AvgIpc) is 2.28. The Balaban J connectivity index is 2.26. The molecule has 2 rings (SSSR count). The van der Waals surface area contributed by atoms with Gasteiger partial charge in [-0.2, -0.15) is 0 Å². The number of nitrogens with zero attached hydrogens (tertiary/aromatic N) is 1. The number of carboxylic acid groups (broad SMARTS) is 1. The fourth-order valence-electron chi connectivity index (χ4n) is 2.01. The standard InChI is InChI=1S/C13H14FNO2/c1-9-3-2-6-15(8-9)10-4-5-11(13(16)17)12(14)7-10/h3-5,7H,2,6,8H2,1H3,(H,16,17). The lowest BCUT2D eigenvalue weighted by molar-refractivity contribution is 0.0692. The van der Waals surface area contributed by atoms with E-state index in [-0.39, 0.29) is 5.56 Å². The van der Waals surface area contributed by atoms with Gasteiger partial charge in [0.1, 0.15) is 5.82 Å². The van der Waals surface area contributed by atoms with Crippen LogP contribution in [-0.2, 0) is 0 Å². The molecule has 1 aromatic rings. The van der Waals surface area contributed by atoms with Gasteiger partial charge >= 0.3 is 5.97 Å². The highest BCUT2D eigenvalue weighted by Crippen LogP contribution is 2.22. The van der Waals surface area contributed by atoms with E-state index in [1.54, 1.807) is 6.07 Å². The zero-order valence-corrected chi connectivity index (χ0v) is 9.61. The highest BCUT2D eigenvalue weighted by Gasteiger charge is 2.15. The maximum absolute atomic E-state index is 13.5. The summed E-state index contributed by atoms with van der Waals surface area (Å²) in [7, 11) is 0. The molecule has 0 aromatic heterocycles. The van der Waals surface area contributed by atoms with E-state index < -0.39 is 11.8 Å². The van der Waals surface area contributed by atoms with Gasteiger partial charge in [0.25, 0.3) is 0 Å². The van der Waals surface area contributed by atoms with E-state index in [0.29, 0.717) is 0 Å². The van der Waals surface area contributed by atoms with Gasteiger partial charge in [-0.1, -0.05) is 11.6 Å². The molecule has 0 atom stereocenters. The Kier molecular flexibility index (Phi) is 3.13. The normalized spacial score (nSPS) is 15.6. The van der Waals surface area contributed by atoms with Crippen molar-refractivity contribution in [2.75, 3.05) is 18.0 Å². The van der Waals surface area contributed by atoms with Gasteiger partial charge in [0.05, 0.1) is 5.56 Å². The molecule has 4 heteroatoms. The van der Waals surface area contributed by atoms with Crippen molar-refractivity contribution in [3.8, 4) is 0 Å². The van der Waals surface area contributed by atoms with Crippen molar-refractivity contribution >= 4 is 11.7 Å². The van der Waals surface area contributed by atoms with Crippen molar-refractivity contribution < 1.29 is 14.3 Å². The van der Waals surface area contributed by atoms with Gasteiger partial charge in [-0.3, -0.25) is 0 Å². The molecule has 17 heavy (non-hydrogen) atoms. The third kappa shape index (κ3) is 2.46. The predicted octanol–water partition coefficient (Wildman–Crippen LogP) is 2.68. The van der Waals surface area contributed by atoms with E-state index in [0.717, 1.165) is 25.2 Å². The lowest BCUT2D eigenvalue weighted by atomic mass is 10.1. The number of halogens is 1. The maximum Gasteiger partial charge on any atom is 0.338 e. The van der Waals surface area contributed by atoms with Gasteiger partial charge in [0.15, 0.2) is 0 Å². The van der Waals surface area contributed by atoms with Crippen LogP contribution in [0.4, 0.5) is 10.1 Å². The van der Waals surface area contributed by atoms with Crippen LogP contribution in [0.2, 0.25) is 0 Å². The largest absolute Gasteiger partial charge is 0.478 e. The summed E-state index contributed by atoms with van der Waals surface area (Å²) >= 11 is 0. The molecule has 1 aliphatic rings. The van der Waals surface area contributed by atoms with Gasteiger partial charge in [0, 0.05) is 18.8 Å². The van der Waals surface area contributed by atoms with E-state index in [1.165, 1.54) is 17.7 Å². The van der Waals surface area contributed by atoms with Crippen molar-refractivity contribution in [3.63, 3.8) is 0 Å². The molecule has 0 radical (unpaired) electrons. The van der Waals surface area contributed by atoms with Crippen LogP contribution in [-0.4, -0.2) is 24.2 Å². The number of benzene rings is 1. The molecule has 0 unspecified atom stereocenters. The topological polar surface area (TPSA) is 40.5 Å². The number of anilines is 1. The molecule has 0 saturated heterocycles. The summed E-state index contributed by atoms with van der Waals surface area (Å²) in [6.45, 7) is 3.64. The molecule has 1 aliphatic heterocycles. The van der Waals surface area contributed by atoms with Crippen molar-refractivity contribution in [1.29, 1.82) is 0 Å². The van der Waals surface area contributed by atoms with Crippen molar-refractivity contribution in [2.45, 2.75) is 13.3 Å². The Morgan fingerprint density at radius 2 is 2.24 bits per heavy atom. The lowest BCUT2D eigenvalue weighted by Crippen LogP contribution is -2.29. The molecule has 0 saturated carbocycles. The van der Waals surface area contributed by atoms with E-state index >= 15 is 0 Å². The Morgan fingerprint density at radius 3 is 2.82 bits per heavy atom. The minimum Gasteiger partial charge on any atom is -0.478 e. The number of carboxylic acids is 1. The average molecular weight is 235 g/mol. The lowest BCUT2D eigenvalue weighted by Gasteiger charge is -2.28. The molecule has 90 valence electrons. The summed E-state index contributed by atoms with van der Waals surface area (Å²) in [6.07, 6.45) is 3.10. The van der Waals surface area contributed by atoms with Crippen LogP contribution in [0.15, 0.2) is 29.8 Å². The van der Waals surface area contributed by atoms with Gasteiger partial charge in [0.2, 0.25) is 0 Å². The molecule has 0 fully saturated rings. The summed E-state index contributed by atoms with van der Waals surface area (Å²) in [4.78, 5) is 12.7. The molecule has 3 nitrogen and oxygen atoms in total. The Hall–Kier alpha value is -1.84. The Morgan fingerprint density at radius 1 is 1.47 bits per heavy atom. The first-order valence-corrected chi connectivity index (χ1v) is 5.51. The zero-order valence-electron chi connectivity index (χ0n) is 9.61. The number of aromatic carboxylic acids is 1. The van der Waals surface area contributed by atoms with Crippen molar-refractivity contribution in [1.82, 2.24) is 0 Å². The van der Waals surface area contributed by atoms with Crippen molar-refractivity contribution in [3.05, 3.63) is 41.2 Å². The second kappa shape index (κ2) is 4.57. The van der Waals surface area contributed by atoms with Gasteiger partial charge < -0.3 is 10.0 Å². The van der Waals surface area contributed by atoms with Crippen molar-refractivity contribution in [2.24, 2.45) is 0 Å². The van der Waals surface area contributed by atoms with E-state index in [1.807, 2.05) is 11.8 Å². The summed E-state index contributed by atoms with van der Waals surface area (Å²) < 4.78 is 13.5. The van der Waals surface area contributed by atoms with Crippen LogP contribution in [0.5, 0.6) is 0 Å². The monoisotopic (exact) mass is 235 g/mol. The van der Waals surface area contributed by atoms with E-state index in [2.05, 4.69) is 6.08 Å². The maximum atomic E-state index is 13.5. The molecule has 0 amide bonds. The number of rotatable bonds is 2. The molecule has 0 bridgehead atoms.